The van der Waals surface area contributed by atoms with E-state index in [0.29, 0.717) is 0 Å². The Morgan fingerprint density at radius 3 is 2.65 bits per heavy atom. The molecule has 2 heteroatoms. The smallest absolute Gasteiger partial charge is 0.0930 e. The zero-order valence-electron chi connectivity index (χ0n) is 10.3. The van der Waals surface area contributed by atoms with Gasteiger partial charge in [-0.2, -0.15) is 10.2 Å². The molecule has 0 spiro atoms. The summed E-state index contributed by atoms with van der Waals surface area (Å²) in [6.07, 6.45) is 3.59. The lowest BCUT2D eigenvalue weighted by molar-refractivity contribution is 0.713. The highest BCUT2D eigenvalue weighted by Crippen LogP contribution is 2.25. The molecule has 0 heterocycles. The van der Waals surface area contributed by atoms with Gasteiger partial charge in [0, 0.05) is 5.39 Å². The molecule has 2 aromatic rings. The minimum atomic E-state index is 0.830. The number of azo groups is 1. The molecule has 88 valence electrons. The Bertz CT molecular complexity index is 498. The Kier molecular flexibility index (Phi) is 4.25. The summed E-state index contributed by atoms with van der Waals surface area (Å²) in [7, 11) is 0. The molecule has 2 rings (SSSR count). The molecule has 0 aliphatic carbocycles. The molecule has 0 aromatic heterocycles. The normalized spacial score (nSPS) is 11.4. The number of hydrogen-bond acceptors (Lipinski definition) is 2. The molecule has 0 saturated heterocycles. The third-order valence-corrected chi connectivity index (χ3v) is 2.81. The summed E-state index contributed by atoms with van der Waals surface area (Å²) in [5.41, 5.74) is 0.972. The molecule has 17 heavy (non-hydrogen) atoms. The van der Waals surface area contributed by atoms with Crippen molar-refractivity contribution >= 4 is 16.5 Å². The van der Waals surface area contributed by atoms with E-state index in [-0.39, 0.29) is 0 Å². The fourth-order valence-corrected chi connectivity index (χ4v) is 1.85. The first kappa shape index (κ1) is 11.8. The second-order valence-electron chi connectivity index (χ2n) is 4.17. The van der Waals surface area contributed by atoms with Gasteiger partial charge in [0.05, 0.1) is 12.2 Å². The highest BCUT2D eigenvalue weighted by molar-refractivity contribution is 5.92. The van der Waals surface area contributed by atoms with Gasteiger partial charge in [0.25, 0.3) is 0 Å². The van der Waals surface area contributed by atoms with Crippen LogP contribution >= 0.6 is 0 Å². The van der Waals surface area contributed by atoms with Gasteiger partial charge in [-0.1, -0.05) is 56.2 Å². The summed E-state index contributed by atoms with van der Waals surface area (Å²) >= 11 is 0. The maximum atomic E-state index is 4.33. The molecule has 0 N–H and O–H groups in total. The summed E-state index contributed by atoms with van der Waals surface area (Å²) < 4.78 is 0. The van der Waals surface area contributed by atoms with Gasteiger partial charge in [-0.05, 0) is 17.9 Å². The quantitative estimate of drug-likeness (QED) is 0.499. The van der Waals surface area contributed by atoms with Crippen molar-refractivity contribution in [2.45, 2.75) is 26.2 Å². The van der Waals surface area contributed by atoms with Crippen LogP contribution in [0, 0.1) is 0 Å². The Labute approximate surface area is 102 Å². The van der Waals surface area contributed by atoms with Crippen molar-refractivity contribution in [1.82, 2.24) is 0 Å². The van der Waals surface area contributed by atoms with E-state index in [2.05, 4.69) is 35.4 Å². The molecule has 0 aliphatic rings. The van der Waals surface area contributed by atoms with Crippen LogP contribution in [0.25, 0.3) is 10.8 Å². The molecule has 0 fully saturated rings. The lowest BCUT2D eigenvalue weighted by Crippen LogP contribution is -1.78. The number of benzene rings is 2. The van der Waals surface area contributed by atoms with Crippen LogP contribution in [-0.4, -0.2) is 6.54 Å². The van der Waals surface area contributed by atoms with Gasteiger partial charge < -0.3 is 0 Å². The van der Waals surface area contributed by atoms with Crippen LogP contribution in [-0.2, 0) is 0 Å². The second-order valence-corrected chi connectivity index (χ2v) is 4.17. The number of fused-ring (bicyclic) bond motifs is 1. The lowest BCUT2D eigenvalue weighted by atomic mass is 10.1. The van der Waals surface area contributed by atoms with Crippen molar-refractivity contribution in [2.75, 3.05) is 6.54 Å². The lowest BCUT2D eigenvalue weighted by Gasteiger charge is -2.00. The average Bonchev–Trinajstić information content (AvgIpc) is 2.39. The van der Waals surface area contributed by atoms with Crippen LogP contribution in [0.2, 0.25) is 0 Å². The monoisotopic (exact) mass is 226 g/mol. The van der Waals surface area contributed by atoms with E-state index in [1.54, 1.807) is 0 Å². The number of nitrogens with zero attached hydrogens (tertiary/aromatic N) is 2. The van der Waals surface area contributed by atoms with Gasteiger partial charge in [0.1, 0.15) is 0 Å². The predicted molar refractivity (Wildman–Crippen MR) is 72.9 cm³/mol. The van der Waals surface area contributed by atoms with Gasteiger partial charge in [-0.25, -0.2) is 0 Å². The first-order valence-electron chi connectivity index (χ1n) is 6.27. The number of rotatable bonds is 5. The molecule has 2 nitrogen and oxygen atoms in total. The van der Waals surface area contributed by atoms with E-state index in [0.717, 1.165) is 18.7 Å². The molecule has 2 aromatic carbocycles. The fourth-order valence-electron chi connectivity index (χ4n) is 1.85. The summed E-state index contributed by atoms with van der Waals surface area (Å²) in [5.74, 6) is 0. The summed E-state index contributed by atoms with van der Waals surface area (Å²) in [4.78, 5) is 0. The maximum absolute atomic E-state index is 4.33. The van der Waals surface area contributed by atoms with Crippen molar-refractivity contribution < 1.29 is 0 Å². The molecule has 0 unspecified atom stereocenters. The first-order chi connectivity index (χ1) is 8.42. The third-order valence-electron chi connectivity index (χ3n) is 2.81. The molecular weight excluding hydrogens is 208 g/mol. The summed E-state index contributed by atoms with van der Waals surface area (Å²) in [6, 6.07) is 14.4. The average molecular weight is 226 g/mol. The standard InChI is InChI=1S/C15H18N2/c1-2-3-6-12-16-17-15-11-7-9-13-8-4-5-10-14(13)15/h4-5,7-11H,2-3,6,12H2,1H3. The van der Waals surface area contributed by atoms with Gasteiger partial charge in [-0.15, -0.1) is 0 Å². The van der Waals surface area contributed by atoms with E-state index in [1.807, 2.05) is 24.3 Å². The highest BCUT2D eigenvalue weighted by atomic mass is 15.1. The Hall–Kier alpha value is -1.70. The van der Waals surface area contributed by atoms with E-state index in [9.17, 15) is 0 Å². The summed E-state index contributed by atoms with van der Waals surface area (Å²) in [6.45, 7) is 3.03. The molecule has 0 radical (unpaired) electrons. The van der Waals surface area contributed by atoms with Gasteiger partial charge in [0.2, 0.25) is 0 Å². The van der Waals surface area contributed by atoms with E-state index in [1.165, 1.54) is 23.6 Å². The molecular formula is C15H18N2. The Morgan fingerprint density at radius 2 is 1.76 bits per heavy atom. The minimum Gasteiger partial charge on any atom is -0.189 e. The SMILES string of the molecule is CCCCCN=Nc1cccc2ccccc12. The minimum absolute atomic E-state index is 0.830. The van der Waals surface area contributed by atoms with Crippen LogP contribution in [0.4, 0.5) is 5.69 Å². The third kappa shape index (κ3) is 3.13. The zero-order chi connectivity index (χ0) is 11.9. The van der Waals surface area contributed by atoms with Crippen molar-refractivity contribution in [3.05, 3.63) is 42.5 Å². The Morgan fingerprint density at radius 1 is 0.941 bits per heavy atom. The molecule has 0 saturated carbocycles. The fraction of sp³-hybridized carbons (Fsp3) is 0.333. The molecule has 0 bridgehead atoms. The van der Waals surface area contributed by atoms with Crippen molar-refractivity contribution in [3.8, 4) is 0 Å². The Balaban J connectivity index is 2.13. The van der Waals surface area contributed by atoms with Crippen LogP contribution < -0.4 is 0 Å². The first-order valence-corrected chi connectivity index (χ1v) is 6.27. The van der Waals surface area contributed by atoms with Crippen molar-refractivity contribution in [3.63, 3.8) is 0 Å². The summed E-state index contributed by atoms with van der Waals surface area (Å²) in [5, 5.41) is 11.0. The predicted octanol–water partition coefficient (Wildman–Crippen LogP) is 5.11. The van der Waals surface area contributed by atoms with Crippen LogP contribution in [0.3, 0.4) is 0 Å². The van der Waals surface area contributed by atoms with E-state index >= 15 is 0 Å². The van der Waals surface area contributed by atoms with Gasteiger partial charge >= 0.3 is 0 Å². The zero-order valence-corrected chi connectivity index (χ0v) is 10.3. The maximum Gasteiger partial charge on any atom is 0.0930 e. The van der Waals surface area contributed by atoms with Crippen LogP contribution in [0.1, 0.15) is 26.2 Å². The van der Waals surface area contributed by atoms with Crippen LogP contribution in [0.15, 0.2) is 52.7 Å². The van der Waals surface area contributed by atoms with E-state index in [4.69, 9.17) is 0 Å². The molecule has 0 atom stereocenters. The second kappa shape index (κ2) is 6.14. The number of hydrogen-bond donors (Lipinski definition) is 0. The molecule has 0 aliphatic heterocycles. The number of unbranched alkanes of at least 4 members (excludes halogenated alkanes) is 2. The van der Waals surface area contributed by atoms with E-state index < -0.39 is 0 Å². The topological polar surface area (TPSA) is 24.7 Å². The molecule has 0 amide bonds. The highest BCUT2D eigenvalue weighted by Gasteiger charge is 1.97. The van der Waals surface area contributed by atoms with Crippen LogP contribution in [0.5, 0.6) is 0 Å². The van der Waals surface area contributed by atoms with Crippen molar-refractivity contribution in [2.24, 2.45) is 10.2 Å². The van der Waals surface area contributed by atoms with Gasteiger partial charge in [0.15, 0.2) is 0 Å². The largest absolute Gasteiger partial charge is 0.189 e. The van der Waals surface area contributed by atoms with Gasteiger partial charge in [-0.3, -0.25) is 0 Å². The van der Waals surface area contributed by atoms with Crippen molar-refractivity contribution in [1.29, 1.82) is 0 Å².